The number of amides is 2. The van der Waals surface area contributed by atoms with Crippen molar-refractivity contribution in [3.05, 3.63) is 63.6 Å². The smallest absolute Gasteiger partial charge is 0.419 e. The minimum atomic E-state index is -5.17. The lowest BCUT2D eigenvalue weighted by atomic mass is 10.1. The highest BCUT2D eigenvalue weighted by atomic mass is 79.9. The summed E-state index contributed by atoms with van der Waals surface area (Å²) in [6.07, 6.45) is -4.19. The van der Waals surface area contributed by atoms with Gasteiger partial charge in [0.25, 0.3) is 0 Å². The zero-order chi connectivity index (χ0) is 25.5. The molecule has 0 heterocycles. The van der Waals surface area contributed by atoms with E-state index in [0.717, 1.165) is 5.56 Å². The summed E-state index contributed by atoms with van der Waals surface area (Å²) in [5.41, 5.74) is 7.37. The number of benzene rings is 2. The van der Waals surface area contributed by atoms with E-state index in [-0.39, 0.29) is 23.4 Å². The maximum absolute atomic E-state index is 12.6. The molecule has 0 fully saturated rings. The van der Waals surface area contributed by atoms with Crippen molar-refractivity contribution in [2.24, 2.45) is 5.73 Å². The number of alkyl halides is 3. The molecule has 2 rings (SSSR count). The fraction of sp³-hybridized carbons (Fsp3) is 0.348. The number of hydrogen-bond acceptors (Lipinski definition) is 5. The van der Waals surface area contributed by atoms with Gasteiger partial charge in [0.15, 0.2) is 0 Å². The first kappa shape index (κ1) is 27.3. The molecule has 4 N–H and O–H groups in total. The lowest BCUT2D eigenvalue weighted by molar-refractivity contribution is -0.189. The van der Waals surface area contributed by atoms with E-state index in [4.69, 9.17) is 5.73 Å². The summed E-state index contributed by atoms with van der Waals surface area (Å²) in [6, 6.07) is 10.6. The fourth-order valence-corrected chi connectivity index (χ4v) is 3.67. The van der Waals surface area contributed by atoms with Gasteiger partial charge in [0.2, 0.25) is 11.8 Å². The Morgan fingerprint density at radius 3 is 2.38 bits per heavy atom. The van der Waals surface area contributed by atoms with E-state index >= 15 is 0 Å². The Morgan fingerprint density at radius 2 is 1.76 bits per heavy atom. The minimum absolute atomic E-state index is 0.149. The number of carbonyl (C=O) groups is 3. The van der Waals surface area contributed by atoms with Gasteiger partial charge >= 0.3 is 12.1 Å². The molecule has 0 aromatic heterocycles. The highest BCUT2D eigenvalue weighted by Crippen LogP contribution is 2.30. The second kappa shape index (κ2) is 12.0. The average Bonchev–Trinajstić information content (AvgIpc) is 2.77. The second-order valence-corrected chi connectivity index (χ2v) is 8.59. The van der Waals surface area contributed by atoms with Crippen LogP contribution in [0.5, 0.6) is 5.75 Å². The number of nitrogens with one attached hydrogen (secondary N) is 2. The fourth-order valence-electron chi connectivity index (χ4n) is 3.05. The molecule has 34 heavy (non-hydrogen) atoms. The van der Waals surface area contributed by atoms with Crippen molar-refractivity contribution >= 4 is 33.7 Å². The van der Waals surface area contributed by atoms with Crippen LogP contribution in [0.25, 0.3) is 0 Å². The molecule has 184 valence electrons. The maximum atomic E-state index is 12.6. The van der Waals surface area contributed by atoms with Gasteiger partial charge in [-0.3, -0.25) is 9.59 Å². The number of carbonyl (C=O) groups excluding carboxylic acids is 3. The monoisotopic (exact) mass is 543 g/mol. The minimum Gasteiger partial charge on any atom is -0.419 e. The predicted molar refractivity (Wildman–Crippen MR) is 123 cm³/mol. The van der Waals surface area contributed by atoms with Crippen LogP contribution in [0.15, 0.2) is 46.9 Å². The highest BCUT2D eigenvalue weighted by Gasteiger charge is 2.42. The Labute approximate surface area is 203 Å². The molecule has 2 atom stereocenters. The molecule has 2 aromatic carbocycles. The quantitative estimate of drug-likeness (QED) is 0.332. The number of aryl methyl sites for hydroxylation is 2. The Morgan fingerprint density at radius 1 is 1.12 bits per heavy atom. The third kappa shape index (κ3) is 8.14. The van der Waals surface area contributed by atoms with Crippen LogP contribution in [0.4, 0.5) is 13.2 Å². The Hall–Kier alpha value is -2.92. The number of halogens is 4. The number of esters is 1. The third-order valence-electron chi connectivity index (χ3n) is 4.87. The van der Waals surface area contributed by atoms with Crippen LogP contribution >= 0.6 is 15.9 Å². The molecule has 0 saturated heterocycles. The molecule has 0 radical (unpaired) electrons. The molecular formula is C23H25BrF3N3O4. The number of nitrogens with two attached hydrogens (primary N) is 1. The van der Waals surface area contributed by atoms with Crippen molar-refractivity contribution in [2.75, 3.05) is 0 Å². The van der Waals surface area contributed by atoms with Crippen molar-refractivity contribution < 1.29 is 32.3 Å². The van der Waals surface area contributed by atoms with Gasteiger partial charge in [-0.25, -0.2) is 4.79 Å². The summed E-state index contributed by atoms with van der Waals surface area (Å²) in [5, 5.41) is 5.04. The lowest BCUT2D eigenvalue weighted by Crippen LogP contribution is -2.50. The first-order valence-corrected chi connectivity index (χ1v) is 11.1. The molecule has 0 aliphatic rings. The van der Waals surface area contributed by atoms with Crippen LogP contribution in [0.3, 0.4) is 0 Å². The van der Waals surface area contributed by atoms with E-state index in [2.05, 4.69) is 31.3 Å². The summed E-state index contributed by atoms with van der Waals surface area (Å²) >= 11 is 3.22. The molecule has 0 bridgehead atoms. The molecule has 7 nitrogen and oxygen atoms in total. The molecule has 11 heteroatoms. The lowest BCUT2D eigenvalue weighted by Gasteiger charge is -2.19. The van der Waals surface area contributed by atoms with Crippen molar-refractivity contribution in [3.8, 4) is 5.75 Å². The van der Waals surface area contributed by atoms with E-state index in [1.165, 1.54) is 26.0 Å². The second-order valence-electron chi connectivity index (χ2n) is 7.68. The molecule has 2 aromatic rings. The van der Waals surface area contributed by atoms with Gasteiger partial charge in [-0.1, -0.05) is 46.3 Å². The zero-order valence-electron chi connectivity index (χ0n) is 18.5. The van der Waals surface area contributed by atoms with Crippen LogP contribution < -0.4 is 21.1 Å². The summed E-state index contributed by atoms with van der Waals surface area (Å²) < 4.78 is 42.9. The molecule has 0 saturated carbocycles. The van der Waals surface area contributed by atoms with E-state index in [9.17, 15) is 27.6 Å². The molecule has 0 spiro atoms. The average molecular weight is 544 g/mol. The van der Waals surface area contributed by atoms with Gasteiger partial charge in [0, 0.05) is 16.6 Å². The van der Waals surface area contributed by atoms with Crippen LogP contribution in [-0.4, -0.2) is 36.0 Å². The molecular weight excluding hydrogens is 519 g/mol. The van der Waals surface area contributed by atoms with E-state index in [1.807, 2.05) is 30.3 Å². The Bertz CT molecular complexity index is 1030. The first-order chi connectivity index (χ1) is 15.9. The van der Waals surface area contributed by atoms with Gasteiger partial charge in [-0.05, 0) is 49.9 Å². The summed E-state index contributed by atoms with van der Waals surface area (Å²) in [7, 11) is 0. The van der Waals surface area contributed by atoms with Gasteiger partial charge in [0.1, 0.15) is 11.8 Å². The maximum Gasteiger partial charge on any atom is 0.491 e. The van der Waals surface area contributed by atoms with Gasteiger partial charge in [-0.2, -0.15) is 13.2 Å². The summed E-state index contributed by atoms with van der Waals surface area (Å²) in [4.78, 5) is 36.1. The van der Waals surface area contributed by atoms with Gasteiger partial charge in [0.05, 0.1) is 6.04 Å². The van der Waals surface area contributed by atoms with Crippen molar-refractivity contribution in [3.63, 3.8) is 0 Å². The topological polar surface area (TPSA) is 111 Å². The molecule has 0 aliphatic heterocycles. The molecule has 0 aliphatic carbocycles. The van der Waals surface area contributed by atoms with E-state index in [0.29, 0.717) is 17.3 Å². The predicted octanol–water partition coefficient (Wildman–Crippen LogP) is 3.31. The Balaban J connectivity index is 1.95. The largest absolute Gasteiger partial charge is 0.491 e. The van der Waals surface area contributed by atoms with Crippen LogP contribution in [-0.2, 0) is 27.3 Å². The normalized spacial score (nSPS) is 13.0. The SMILES string of the molecule is Cc1cc(Br)cc(CNC(=O)[C@H](C)NC(=O)[C@H](N)CCc2ccccc2)c1OC(=O)C(F)(F)F. The molecule has 2 amide bonds. The third-order valence-corrected chi connectivity index (χ3v) is 5.33. The summed E-state index contributed by atoms with van der Waals surface area (Å²) in [5.74, 6) is -3.76. The molecule has 0 unspecified atom stereocenters. The van der Waals surface area contributed by atoms with E-state index < -0.39 is 36.0 Å². The van der Waals surface area contributed by atoms with E-state index in [1.54, 1.807) is 0 Å². The van der Waals surface area contributed by atoms with Gasteiger partial charge in [-0.15, -0.1) is 0 Å². The van der Waals surface area contributed by atoms with Crippen LogP contribution in [0.2, 0.25) is 0 Å². The van der Waals surface area contributed by atoms with Crippen LogP contribution in [0, 0.1) is 6.92 Å². The first-order valence-electron chi connectivity index (χ1n) is 10.3. The Kier molecular flexibility index (Phi) is 9.63. The standard InChI is InChI=1S/C23H25BrF3N3O4/c1-13-10-17(24)11-16(19(13)34-22(33)23(25,26)27)12-29-20(31)14(2)30-21(32)18(28)9-8-15-6-4-3-5-7-15/h3-7,10-11,14,18H,8-9,12,28H2,1-2H3,(H,29,31)(H,30,32)/t14-,18+/m0/s1. The number of rotatable bonds is 9. The zero-order valence-corrected chi connectivity index (χ0v) is 20.1. The van der Waals surface area contributed by atoms with Crippen molar-refractivity contribution in [1.82, 2.24) is 10.6 Å². The summed E-state index contributed by atoms with van der Waals surface area (Å²) in [6.45, 7) is 2.68. The highest BCUT2D eigenvalue weighted by molar-refractivity contribution is 9.10. The van der Waals surface area contributed by atoms with Crippen molar-refractivity contribution in [2.45, 2.75) is 51.5 Å². The number of ether oxygens (including phenoxy) is 1. The van der Waals surface area contributed by atoms with Crippen LogP contribution in [0.1, 0.15) is 30.0 Å². The van der Waals surface area contributed by atoms with Crippen molar-refractivity contribution in [1.29, 1.82) is 0 Å². The van der Waals surface area contributed by atoms with Gasteiger partial charge < -0.3 is 21.1 Å². The number of hydrogen-bond donors (Lipinski definition) is 3.